The molecular weight excluding hydrogens is 234 g/mol. The van der Waals surface area contributed by atoms with Gasteiger partial charge < -0.3 is 15.5 Å². The Morgan fingerprint density at radius 1 is 1.50 bits per heavy atom. The van der Waals surface area contributed by atoms with Crippen molar-refractivity contribution < 1.29 is 9.53 Å². The lowest BCUT2D eigenvalue weighted by molar-refractivity contribution is -0.149. The van der Waals surface area contributed by atoms with Gasteiger partial charge in [-0.2, -0.15) is 0 Å². The van der Waals surface area contributed by atoms with Crippen LogP contribution in [-0.2, 0) is 14.9 Å². The molecule has 2 aromatic rings. The Kier molecular flexibility index (Phi) is 2.90. The van der Waals surface area contributed by atoms with Gasteiger partial charge in [-0.1, -0.05) is 0 Å². The van der Waals surface area contributed by atoms with Crippen molar-refractivity contribution in [1.29, 1.82) is 0 Å². The summed E-state index contributed by atoms with van der Waals surface area (Å²) in [6.45, 7) is 5.54. The quantitative estimate of drug-likeness (QED) is 0.778. The lowest BCUT2D eigenvalue weighted by Crippen LogP contribution is -2.32. The number of esters is 1. The van der Waals surface area contributed by atoms with E-state index in [1.807, 2.05) is 0 Å². The molecule has 2 aromatic heterocycles. The SMILES string of the molecule is CCOC(=O)C(C)(C)c1nc2ncnc(N)c2[nH]1. The number of rotatable bonds is 3. The molecule has 7 nitrogen and oxygen atoms in total. The Morgan fingerprint density at radius 2 is 2.22 bits per heavy atom. The fourth-order valence-electron chi connectivity index (χ4n) is 1.55. The second-order valence-electron chi connectivity index (χ2n) is 4.39. The maximum Gasteiger partial charge on any atom is 0.319 e. The summed E-state index contributed by atoms with van der Waals surface area (Å²) in [5.41, 5.74) is 5.80. The number of ether oxygens (including phenoxy) is 1. The molecule has 0 bridgehead atoms. The van der Waals surface area contributed by atoms with Crippen LogP contribution >= 0.6 is 0 Å². The van der Waals surface area contributed by atoms with Gasteiger partial charge in [0.2, 0.25) is 0 Å². The van der Waals surface area contributed by atoms with Crippen molar-refractivity contribution in [2.75, 3.05) is 12.3 Å². The number of carbonyl (C=O) groups is 1. The Labute approximate surface area is 104 Å². The molecule has 0 saturated heterocycles. The minimum atomic E-state index is -0.886. The number of nitrogens with two attached hydrogens (primary N) is 1. The summed E-state index contributed by atoms with van der Waals surface area (Å²) in [4.78, 5) is 27.0. The lowest BCUT2D eigenvalue weighted by Gasteiger charge is -2.19. The summed E-state index contributed by atoms with van der Waals surface area (Å²) in [5.74, 6) is 0.414. The predicted octanol–water partition coefficient (Wildman–Crippen LogP) is 0.776. The van der Waals surface area contributed by atoms with Crippen LogP contribution in [0.5, 0.6) is 0 Å². The van der Waals surface area contributed by atoms with E-state index in [-0.39, 0.29) is 5.97 Å². The molecule has 0 aliphatic heterocycles. The largest absolute Gasteiger partial charge is 0.465 e. The van der Waals surface area contributed by atoms with Crippen molar-refractivity contribution in [2.24, 2.45) is 0 Å². The van der Waals surface area contributed by atoms with Crippen LogP contribution in [0.15, 0.2) is 6.33 Å². The van der Waals surface area contributed by atoms with E-state index in [1.165, 1.54) is 6.33 Å². The number of fused-ring (bicyclic) bond motifs is 1. The van der Waals surface area contributed by atoms with Gasteiger partial charge >= 0.3 is 5.97 Å². The molecule has 0 radical (unpaired) electrons. The number of nitrogen functional groups attached to an aromatic ring is 1. The van der Waals surface area contributed by atoms with E-state index in [0.717, 1.165) is 0 Å². The standard InChI is InChI=1S/C11H15N5O2/c1-4-18-10(17)11(2,3)9-15-6-7(12)13-5-14-8(6)16-9/h5H,4H2,1-3H3,(H3,12,13,14,15,16). The summed E-state index contributed by atoms with van der Waals surface area (Å²) in [7, 11) is 0. The minimum absolute atomic E-state index is 0.304. The first-order chi connectivity index (χ1) is 8.46. The van der Waals surface area contributed by atoms with Crippen LogP contribution in [0, 0.1) is 0 Å². The second-order valence-corrected chi connectivity index (χ2v) is 4.39. The van der Waals surface area contributed by atoms with Gasteiger partial charge in [0.15, 0.2) is 11.5 Å². The van der Waals surface area contributed by atoms with Crippen molar-refractivity contribution in [3.63, 3.8) is 0 Å². The average molecular weight is 249 g/mol. The number of carbonyl (C=O) groups excluding carboxylic acids is 1. The smallest absolute Gasteiger partial charge is 0.319 e. The summed E-state index contributed by atoms with van der Waals surface area (Å²) >= 11 is 0. The normalized spacial score (nSPS) is 11.7. The van der Waals surface area contributed by atoms with Crippen molar-refractivity contribution in [1.82, 2.24) is 19.9 Å². The average Bonchev–Trinajstić information content (AvgIpc) is 2.75. The highest BCUT2D eigenvalue weighted by atomic mass is 16.5. The zero-order valence-corrected chi connectivity index (χ0v) is 10.5. The molecule has 0 atom stereocenters. The van der Waals surface area contributed by atoms with Crippen molar-refractivity contribution in [3.05, 3.63) is 12.2 Å². The van der Waals surface area contributed by atoms with Gasteiger partial charge in [-0.05, 0) is 20.8 Å². The number of hydrogen-bond acceptors (Lipinski definition) is 6. The van der Waals surface area contributed by atoms with Gasteiger partial charge in [0, 0.05) is 0 Å². The highest BCUT2D eigenvalue weighted by molar-refractivity contribution is 5.85. The number of imidazole rings is 1. The molecule has 2 heterocycles. The fourth-order valence-corrected chi connectivity index (χ4v) is 1.55. The van der Waals surface area contributed by atoms with Crippen LogP contribution in [0.3, 0.4) is 0 Å². The van der Waals surface area contributed by atoms with E-state index in [4.69, 9.17) is 10.5 Å². The van der Waals surface area contributed by atoms with Gasteiger partial charge in [0.05, 0.1) is 6.61 Å². The number of anilines is 1. The van der Waals surface area contributed by atoms with E-state index in [2.05, 4.69) is 19.9 Å². The molecule has 0 unspecified atom stereocenters. The van der Waals surface area contributed by atoms with Crippen LogP contribution in [0.2, 0.25) is 0 Å². The molecule has 18 heavy (non-hydrogen) atoms. The van der Waals surface area contributed by atoms with E-state index in [1.54, 1.807) is 20.8 Å². The summed E-state index contributed by atoms with van der Waals surface area (Å²) in [5, 5.41) is 0. The maximum atomic E-state index is 11.9. The van der Waals surface area contributed by atoms with Gasteiger partial charge in [-0.15, -0.1) is 0 Å². The number of aromatic nitrogens is 4. The van der Waals surface area contributed by atoms with Crippen LogP contribution in [0.4, 0.5) is 5.82 Å². The van der Waals surface area contributed by atoms with Crippen LogP contribution in [-0.4, -0.2) is 32.5 Å². The molecular formula is C11H15N5O2. The number of nitrogens with one attached hydrogen (secondary N) is 1. The number of H-pyrrole nitrogens is 1. The molecule has 2 rings (SSSR count). The molecule has 0 aliphatic rings. The Morgan fingerprint density at radius 3 is 2.83 bits per heavy atom. The second kappa shape index (κ2) is 4.25. The van der Waals surface area contributed by atoms with Crippen molar-refractivity contribution in [3.8, 4) is 0 Å². The first-order valence-corrected chi connectivity index (χ1v) is 5.60. The number of hydrogen-bond donors (Lipinski definition) is 2. The summed E-state index contributed by atoms with van der Waals surface area (Å²) in [6.07, 6.45) is 1.33. The van der Waals surface area contributed by atoms with Crippen LogP contribution < -0.4 is 5.73 Å². The van der Waals surface area contributed by atoms with E-state index < -0.39 is 5.41 Å². The summed E-state index contributed by atoms with van der Waals surface area (Å²) < 4.78 is 5.02. The Balaban J connectivity index is 2.48. The topological polar surface area (TPSA) is 107 Å². The van der Waals surface area contributed by atoms with Crippen LogP contribution in [0.1, 0.15) is 26.6 Å². The molecule has 0 aromatic carbocycles. The molecule has 7 heteroatoms. The van der Waals surface area contributed by atoms with Gasteiger partial charge in [-0.3, -0.25) is 4.79 Å². The Bertz CT molecular complexity index is 590. The highest BCUT2D eigenvalue weighted by Crippen LogP contribution is 2.25. The first kappa shape index (κ1) is 12.3. The fraction of sp³-hybridized carbons (Fsp3) is 0.455. The third kappa shape index (κ3) is 1.87. The number of nitrogens with zero attached hydrogens (tertiary/aromatic N) is 3. The van der Waals surface area contributed by atoms with Crippen molar-refractivity contribution >= 4 is 23.0 Å². The van der Waals surface area contributed by atoms with Crippen LogP contribution in [0.25, 0.3) is 11.2 Å². The molecule has 0 amide bonds. The van der Waals surface area contributed by atoms with Gasteiger partial charge in [0.25, 0.3) is 0 Å². The molecule has 3 N–H and O–H groups in total. The Hall–Kier alpha value is -2.18. The zero-order valence-electron chi connectivity index (χ0n) is 10.5. The highest BCUT2D eigenvalue weighted by Gasteiger charge is 2.35. The van der Waals surface area contributed by atoms with Gasteiger partial charge in [0.1, 0.15) is 23.1 Å². The predicted molar refractivity (Wildman–Crippen MR) is 65.8 cm³/mol. The monoisotopic (exact) mass is 249 g/mol. The van der Waals surface area contributed by atoms with Gasteiger partial charge in [-0.25, -0.2) is 15.0 Å². The van der Waals surface area contributed by atoms with Crippen molar-refractivity contribution in [2.45, 2.75) is 26.2 Å². The lowest BCUT2D eigenvalue weighted by atomic mass is 9.93. The third-order valence-electron chi connectivity index (χ3n) is 2.70. The van der Waals surface area contributed by atoms with E-state index in [0.29, 0.717) is 29.4 Å². The maximum absolute atomic E-state index is 11.9. The molecule has 0 aliphatic carbocycles. The first-order valence-electron chi connectivity index (χ1n) is 5.60. The molecule has 0 saturated carbocycles. The van der Waals surface area contributed by atoms with E-state index in [9.17, 15) is 4.79 Å². The molecule has 0 fully saturated rings. The zero-order chi connectivity index (χ0) is 13.3. The summed E-state index contributed by atoms with van der Waals surface area (Å²) in [6, 6.07) is 0. The molecule has 96 valence electrons. The minimum Gasteiger partial charge on any atom is -0.465 e. The third-order valence-corrected chi connectivity index (χ3v) is 2.70. The number of aromatic amines is 1. The van der Waals surface area contributed by atoms with E-state index >= 15 is 0 Å². The molecule has 0 spiro atoms.